The molecule has 1 aromatic heterocycles. The van der Waals surface area contributed by atoms with E-state index in [1.54, 1.807) is 18.5 Å². The number of nitriles is 1. The highest BCUT2D eigenvalue weighted by Crippen LogP contribution is 2.37. The van der Waals surface area contributed by atoms with E-state index in [1.807, 2.05) is 66.9 Å². The lowest BCUT2D eigenvalue weighted by molar-refractivity contribution is -0.110. The zero-order valence-electron chi connectivity index (χ0n) is 16.4. The molecular weight excluding hydrogens is 386 g/mol. The van der Waals surface area contributed by atoms with Crippen LogP contribution in [0.4, 0.5) is 11.4 Å². The Balaban J connectivity index is 1.62. The first-order chi connectivity index (χ1) is 15.2. The number of imidazole rings is 1. The maximum absolute atomic E-state index is 12.9. The van der Waals surface area contributed by atoms with Crippen LogP contribution in [0.5, 0.6) is 0 Å². The minimum Gasteiger partial charge on any atom is -0.354 e. The van der Waals surface area contributed by atoms with Gasteiger partial charge in [-0.3, -0.25) is 4.79 Å². The van der Waals surface area contributed by atoms with Gasteiger partial charge in [0.25, 0.3) is 5.91 Å². The first-order valence-electron chi connectivity index (χ1n) is 9.75. The van der Waals surface area contributed by atoms with Crippen molar-refractivity contribution in [2.24, 2.45) is 0 Å². The largest absolute Gasteiger partial charge is 0.354 e. The predicted molar refractivity (Wildman–Crippen MR) is 121 cm³/mol. The van der Waals surface area contributed by atoms with Gasteiger partial charge in [0.1, 0.15) is 0 Å². The Morgan fingerprint density at radius 1 is 1.00 bits per heavy atom. The van der Waals surface area contributed by atoms with Gasteiger partial charge in [-0.1, -0.05) is 42.5 Å². The smallest absolute Gasteiger partial charge is 0.258 e. The lowest BCUT2D eigenvalue weighted by Crippen LogP contribution is -2.10. The van der Waals surface area contributed by atoms with Crippen molar-refractivity contribution in [1.29, 1.82) is 5.26 Å². The minimum absolute atomic E-state index is 0.181. The lowest BCUT2D eigenvalue weighted by Gasteiger charge is -2.15. The summed E-state index contributed by atoms with van der Waals surface area (Å²) in [5, 5.41) is 15.7. The van der Waals surface area contributed by atoms with Gasteiger partial charge in [0.2, 0.25) is 0 Å². The van der Waals surface area contributed by atoms with E-state index >= 15 is 0 Å². The Kier molecular flexibility index (Phi) is 4.54. The number of para-hydroxylation sites is 1. The van der Waals surface area contributed by atoms with Crippen LogP contribution < -0.4 is 10.6 Å². The molecule has 1 aliphatic heterocycles. The summed E-state index contributed by atoms with van der Waals surface area (Å²) in [4.78, 5) is 20.1. The fourth-order valence-corrected chi connectivity index (χ4v) is 3.68. The van der Waals surface area contributed by atoms with Gasteiger partial charge in [-0.05, 0) is 30.3 Å². The fraction of sp³-hybridized carbons (Fsp3) is 0. The van der Waals surface area contributed by atoms with Gasteiger partial charge >= 0.3 is 0 Å². The molecule has 0 bridgehead atoms. The molecule has 5 rings (SSSR count). The van der Waals surface area contributed by atoms with Crippen LogP contribution >= 0.6 is 0 Å². The number of fused-ring (bicyclic) bond motifs is 1. The molecule has 2 heterocycles. The Morgan fingerprint density at radius 2 is 1.84 bits per heavy atom. The van der Waals surface area contributed by atoms with Crippen LogP contribution in [0.15, 0.2) is 85.3 Å². The van der Waals surface area contributed by atoms with E-state index < -0.39 is 0 Å². The van der Waals surface area contributed by atoms with Crippen LogP contribution in [0.2, 0.25) is 0 Å². The topological polar surface area (TPSA) is 93.6 Å². The second-order valence-electron chi connectivity index (χ2n) is 7.10. The molecular formula is C25H17N5O. The van der Waals surface area contributed by atoms with Crippen molar-refractivity contribution in [3.8, 4) is 17.3 Å². The van der Waals surface area contributed by atoms with Gasteiger partial charge in [-0.2, -0.15) is 5.26 Å². The molecule has 0 fully saturated rings. The standard InChI is InChI=1S/C25H17N5O/c26-13-16-4-3-5-18(12-16)24(23-20-6-1-2-7-21(20)30-25(23)31)29-19-10-8-17(9-11-19)22-14-27-15-28-22/h1-12,14-15,29H,(H,27,28)(H,30,31). The van der Waals surface area contributed by atoms with E-state index in [4.69, 9.17) is 0 Å². The Hall–Kier alpha value is -4.63. The summed E-state index contributed by atoms with van der Waals surface area (Å²) in [6.07, 6.45) is 3.48. The Bertz CT molecular complexity index is 1350. The first-order valence-corrected chi connectivity index (χ1v) is 9.75. The van der Waals surface area contributed by atoms with E-state index in [2.05, 4.69) is 26.7 Å². The highest BCUT2D eigenvalue weighted by atomic mass is 16.2. The third kappa shape index (κ3) is 3.45. The molecule has 6 nitrogen and oxygen atoms in total. The summed E-state index contributed by atoms with van der Waals surface area (Å²) in [5.74, 6) is -0.181. The van der Waals surface area contributed by atoms with Gasteiger partial charge < -0.3 is 15.6 Å². The molecule has 0 atom stereocenters. The predicted octanol–water partition coefficient (Wildman–Crippen LogP) is 4.88. The molecule has 0 saturated heterocycles. The molecule has 0 unspecified atom stereocenters. The van der Waals surface area contributed by atoms with Gasteiger partial charge in [0.15, 0.2) is 0 Å². The van der Waals surface area contributed by atoms with Crippen LogP contribution in [0.3, 0.4) is 0 Å². The molecule has 0 aliphatic carbocycles. The number of amides is 1. The van der Waals surface area contributed by atoms with E-state index in [1.165, 1.54) is 0 Å². The normalized spacial score (nSPS) is 13.8. The molecule has 3 N–H and O–H groups in total. The summed E-state index contributed by atoms with van der Waals surface area (Å²) in [6.45, 7) is 0. The average Bonchev–Trinajstić information content (AvgIpc) is 3.46. The highest BCUT2D eigenvalue weighted by molar-refractivity contribution is 6.37. The maximum atomic E-state index is 12.9. The number of benzene rings is 3. The summed E-state index contributed by atoms with van der Waals surface area (Å²) >= 11 is 0. The summed E-state index contributed by atoms with van der Waals surface area (Å²) in [7, 11) is 0. The third-order valence-corrected chi connectivity index (χ3v) is 5.15. The molecule has 0 spiro atoms. The zero-order valence-corrected chi connectivity index (χ0v) is 16.4. The van der Waals surface area contributed by atoms with Crippen LogP contribution in [0.25, 0.3) is 22.5 Å². The van der Waals surface area contributed by atoms with Crippen LogP contribution in [0.1, 0.15) is 16.7 Å². The van der Waals surface area contributed by atoms with Gasteiger partial charge in [-0.15, -0.1) is 0 Å². The number of H-pyrrole nitrogens is 1. The number of hydrogen-bond donors (Lipinski definition) is 3. The number of anilines is 2. The van der Waals surface area contributed by atoms with Crippen LogP contribution in [0, 0.1) is 11.3 Å². The van der Waals surface area contributed by atoms with Gasteiger partial charge in [0, 0.05) is 34.3 Å². The van der Waals surface area contributed by atoms with Crippen molar-refractivity contribution in [3.05, 3.63) is 102 Å². The molecule has 1 aliphatic rings. The van der Waals surface area contributed by atoms with E-state index in [9.17, 15) is 10.1 Å². The SMILES string of the molecule is N#Cc1cccc(C(Nc2ccc(-c3c[nH]cn3)cc2)=C2C(=O)Nc3ccccc32)c1. The van der Waals surface area contributed by atoms with E-state index in [-0.39, 0.29) is 5.91 Å². The van der Waals surface area contributed by atoms with Crippen molar-refractivity contribution >= 4 is 28.6 Å². The maximum Gasteiger partial charge on any atom is 0.258 e. The molecule has 0 saturated carbocycles. The number of hydrogen-bond acceptors (Lipinski definition) is 4. The number of aromatic amines is 1. The molecule has 148 valence electrons. The number of rotatable bonds is 4. The Morgan fingerprint density at radius 3 is 2.61 bits per heavy atom. The fourth-order valence-electron chi connectivity index (χ4n) is 3.68. The summed E-state index contributed by atoms with van der Waals surface area (Å²) < 4.78 is 0. The van der Waals surface area contributed by atoms with Crippen LogP contribution in [-0.4, -0.2) is 15.9 Å². The van der Waals surface area contributed by atoms with Crippen molar-refractivity contribution in [3.63, 3.8) is 0 Å². The molecule has 31 heavy (non-hydrogen) atoms. The number of nitrogens with zero attached hydrogens (tertiary/aromatic N) is 2. The van der Waals surface area contributed by atoms with Crippen molar-refractivity contribution in [1.82, 2.24) is 9.97 Å². The molecule has 4 aromatic rings. The average molecular weight is 403 g/mol. The molecule has 3 aromatic carbocycles. The van der Waals surface area contributed by atoms with E-state index in [0.29, 0.717) is 16.8 Å². The van der Waals surface area contributed by atoms with Crippen molar-refractivity contribution < 1.29 is 4.79 Å². The summed E-state index contributed by atoms with van der Waals surface area (Å²) in [6, 6.07) is 24.8. The second kappa shape index (κ2) is 7.65. The lowest BCUT2D eigenvalue weighted by atomic mass is 9.99. The van der Waals surface area contributed by atoms with Crippen molar-refractivity contribution in [2.45, 2.75) is 0 Å². The number of carbonyl (C=O) groups excluding carboxylic acids is 1. The quantitative estimate of drug-likeness (QED) is 0.423. The second-order valence-corrected chi connectivity index (χ2v) is 7.10. The van der Waals surface area contributed by atoms with Gasteiger partial charge in [-0.25, -0.2) is 4.98 Å². The van der Waals surface area contributed by atoms with E-state index in [0.717, 1.165) is 33.8 Å². The molecule has 1 amide bonds. The first kappa shape index (κ1) is 18.4. The van der Waals surface area contributed by atoms with Crippen LogP contribution in [-0.2, 0) is 4.79 Å². The summed E-state index contributed by atoms with van der Waals surface area (Å²) in [5.41, 5.74) is 6.73. The van der Waals surface area contributed by atoms with Gasteiger partial charge in [0.05, 0.1) is 34.9 Å². The minimum atomic E-state index is -0.181. The molecule has 0 radical (unpaired) electrons. The Labute approximate surface area is 178 Å². The zero-order chi connectivity index (χ0) is 21.2. The third-order valence-electron chi connectivity index (χ3n) is 5.15. The van der Waals surface area contributed by atoms with Crippen molar-refractivity contribution in [2.75, 3.05) is 10.6 Å². The highest BCUT2D eigenvalue weighted by Gasteiger charge is 2.28. The molecule has 6 heteroatoms. The number of carbonyl (C=O) groups is 1. The number of aromatic nitrogens is 2. The monoisotopic (exact) mass is 403 g/mol. The number of nitrogens with one attached hydrogen (secondary N) is 3.